The fourth-order valence-corrected chi connectivity index (χ4v) is 3.90. The lowest BCUT2D eigenvalue weighted by Crippen LogP contribution is -2.16. The molecule has 0 spiro atoms. The molecular formula is C23H24. The first-order chi connectivity index (χ1) is 10.8. The van der Waals surface area contributed by atoms with Crippen LogP contribution in [0.4, 0.5) is 0 Å². The van der Waals surface area contributed by atoms with Crippen LogP contribution in [0.25, 0.3) is 21.9 Å². The van der Waals surface area contributed by atoms with Gasteiger partial charge in [0.05, 0.1) is 0 Å². The summed E-state index contributed by atoms with van der Waals surface area (Å²) in [6.45, 7) is 11.6. The summed E-state index contributed by atoms with van der Waals surface area (Å²) in [6.07, 6.45) is 0. The lowest BCUT2D eigenvalue weighted by atomic mass is 9.80. The van der Waals surface area contributed by atoms with Crippen molar-refractivity contribution < 1.29 is 0 Å². The van der Waals surface area contributed by atoms with Crippen LogP contribution in [0.15, 0.2) is 54.6 Å². The minimum atomic E-state index is 0.0745. The van der Waals surface area contributed by atoms with Crippen LogP contribution in [0.3, 0.4) is 0 Å². The third-order valence-electron chi connectivity index (χ3n) is 5.41. The van der Waals surface area contributed by atoms with E-state index in [1.165, 1.54) is 38.6 Å². The third kappa shape index (κ3) is 2.05. The molecule has 0 fully saturated rings. The molecule has 0 saturated heterocycles. The maximum atomic E-state index is 2.41. The van der Waals surface area contributed by atoms with Crippen molar-refractivity contribution in [3.05, 3.63) is 71.3 Å². The van der Waals surface area contributed by atoms with Gasteiger partial charge in [0.25, 0.3) is 0 Å². The van der Waals surface area contributed by atoms with Crippen molar-refractivity contribution in [3.8, 4) is 11.1 Å². The van der Waals surface area contributed by atoms with Gasteiger partial charge in [0.2, 0.25) is 0 Å². The van der Waals surface area contributed by atoms with Crippen molar-refractivity contribution >= 4 is 10.8 Å². The minimum absolute atomic E-state index is 0.0745. The molecule has 0 saturated carbocycles. The summed E-state index contributed by atoms with van der Waals surface area (Å²) in [4.78, 5) is 0. The Balaban J connectivity index is 2.05. The Labute approximate surface area is 139 Å². The number of hydrogen-bond acceptors (Lipinski definition) is 0. The van der Waals surface area contributed by atoms with E-state index in [9.17, 15) is 0 Å². The van der Waals surface area contributed by atoms with Crippen molar-refractivity contribution in [2.45, 2.75) is 45.4 Å². The normalized spacial score (nSPS) is 15.5. The van der Waals surface area contributed by atoms with E-state index in [2.05, 4.69) is 89.2 Å². The van der Waals surface area contributed by atoms with Crippen LogP contribution in [0.2, 0.25) is 0 Å². The molecule has 3 aromatic rings. The van der Waals surface area contributed by atoms with E-state index in [1.807, 2.05) is 0 Å². The smallest absolute Gasteiger partial charge is 0.0159 e. The van der Waals surface area contributed by atoms with Gasteiger partial charge in [-0.3, -0.25) is 0 Å². The second-order valence-corrected chi connectivity index (χ2v) is 8.38. The highest BCUT2D eigenvalue weighted by Crippen LogP contribution is 2.50. The van der Waals surface area contributed by atoms with Crippen LogP contribution in [0.5, 0.6) is 0 Å². The van der Waals surface area contributed by atoms with Gasteiger partial charge in [0.1, 0.15) is 0 Å². The third-order valence-corrected chi connectivity index (χ3v) is 5.41. The first kappa shape index (κ1) is 14.5. The molecule has 1 aliphatic rings. The monoisotopic (exact) mass is 300 g/mol. The zero-order valence-corrected chi connectivity index (χ0v) is 14.7. The molecule has 0 bridgehead atoms. The Bertz CT molecular complexity index is 920. The van der Waals surface area contributed by atoms with Gasteiger partial charge in [-0.2, -0.15) is 0 Å². The molecule has 23 heavy (non-hydrogen) atoms. The molecule has 0 N–H and O–H groups in total. The van der Waals surface area contributed by atoms with Crippen LogP contribution in [0, 0.1) is 0 Å². The molecule has 0 atom stereocenters. The second kappa shape index (κ2) is 4.47. The topological polar surface area (TPSA) is 0 Å². The van der Waals surface area contributed by atoms with E-state index in [4.69, 9.17) is 0 Å². The van der Waals surface area contributed by atoms with E-state index in [1.54, 1.807) is 0 Å². The highest BCUT2D eigenvalue weighted by molar-refractivity contribution is 5.93. The predicted octanol–water partition coefficient (Wildman–Crippen LogP) is 6.44. The number of fused-ring (bicyclic) bond motifs is 4. The van der Waals surface area contributed by atoms with Gasteiger partial charge in [0.15, 0.2) is 0 Å². The Hall–Kier alpha value is -2.08. The molecule has 0 heteroatoms. The molecule has 0 radical (unpaired) electrons. The Morgan fingerprint density at radius 1 is 0.696 bits per heavy atom. The molecule has 0 unspecified atom stereocenters. The maximum absolute atomic E-state index is 2.41. The van der Waals surface area contributed by atoms with Gasteiger partial charge >= 0.3 is 0 Å². The molecule has 0 aliphatic heterocycles. The van der Waals surface area contributed by atoms with Crippen LogP contribution < -0.4 is 0 Å². The van der Waals surface area contributed by atoms with Crippen molar-refractivity contribution in [1.29, 1.82) is 0 Å². The second-order valence-electron chi connectivity index (χ2n) is 8.38. The number of benzene rings is 3. The zero-order chi connectivity index (χ0) is 16.4. The average Bonchev–Trinajstić information content (AvgIpc) is 2.72. The summed E-state index contributed by atoms with van der Waals surface area (Å²) >= 11 is 0. The Kier molecular flexibility index (Phi) is 2.82. The van der Waals surface area contributed by atoms with Crippen LogP contribution in [-0.4, -0.2) is 0 Å². The first-order valence-corrected chi connectivity index (χ1v) is 8.47. The van der Waals surface area contributed by atoms with E-state index >= 15 is 0 Å². The summed E-state index contributed by atoms with van der Waals surface area (Å²) in [6, 6.07) is 20.5. The molecule has 0 heterocycles. The highest BCUT2D eigenvalue weighted by atomic mass is 14.4. The van der Waals surface area contributed by atoms with Crippen molar-refractivity contribution in [1.82, 2.24) is 0 Å². The zero-order valence-electron chi connectivity index (χ0n) is 14.7. The largest absolute Gasteiger partial charge is 0.0616 e. The predicted molar refractivity (Wildman–Crippen MR) is 100 cm³/mol. The molecule has 0 amide bonds. The van der Waals surface area contributed by atoms with Crippen LogP contribution in [-0.2, 0) is 10.8 Å². The summed E-state index contributed by atoms with van der Waals surface area (Å²) in [5.41, 5.74) is 7.41. The summed E-state index contributed by atoms with van der Waals surface area (Å²) in [7, 11) is 0. The lowest BCUT2D eigenvalue weighted by Gasteiger charge is -2.23. The quantitative estimate of drug-likeness (QED) is 0.448. The van der Waals surface area contributed by atoms with Crippen molar-refractivity contribution in [2.75, 3.05) is 0 Å². The van der Waals surface area contributed by atoms with Gasteiger partial charge in [-0.15, -0.1) is 0 Å². The molecular weight excluding hydrogens is 276 g/mol. The van der Waals surface area contributed by atoms with Gasteiger partial charge in [0, 0.05) is 5.41 Å². The van der Waals surface area contributed by atoms with Crippen LogP contribution >= 0.6 is 0 Å². The van der Waals surface area contributed by atoms with Gasteiger partial charge in [-0.05, 0) is 56.1 Å². The lowest BCUT2D eigenvalue weighted by molar-refractivity contribution is 0.589. The van der Waals surface area contributed by atoms with E-state index in [0.29, 0.717) is 0 Å². The summed E-state index contributed by atoms with van der Waals surface area (Å²) in [5.74, 6) is 0. The van der Waals surface area contributed by atoms with E-state index < -0.39 is 0 Å². The molecule has 3 aromatic carbocycles. The molecule has 116 valence electrons. The standard InChI is InChI=1S/C23H24/c1-22(2,3)17-10-11-20-19(14-17)18-12-15-8-6-7-9-16(15)13-21(18)23(20,4)5/h6-14H,1-5H3. The fourth-order valence-electron chi connectivity index (χ4n) is 3.90. The molecule has 0 nitrogen and oxygen atoms in total. The average molecular weight is 300 g/mol. The summed E-state index contributed by atoms with van der Waals surface area (Å²) in [5, 5.41) is 2.67. The van der Waals surface area contributed by atoms with Crippen LogP contribution in [0.1, 0.15) is 51.3 Å². The Morgan fingerprint density at radius 2 is 1.30 bits per heavy atom. The minimum Gasteiger partial charge on any atom is -0.0616 e. The Morgan fingerprint density at radius 3 is 1.96 bits per heavy atom. The molecule has 4 rings (SSSR count). The van der Waals surface area contributed by atoms with E-state index in [-0.39, 0.29) is 10.8 Å². The first-order valence-electron chi connectivity index (χ1n) is 8.47. The summed E-state index contributed by atoms with van der Waals surface area (Å²) < 4.78 is 0. The van der Waals surface area contributed by atoms with Crippen molar-refractivity contribution in [2.24, 2.45) is 0 Å². The van der Waals surface area contributed by atoms with Gasteiger partial charge in [-0.25, -0.2) is 0 Å². The van der Waals surface area contributed by atoms with Gasteiger partial charge < -0.3 is 0 Å². The highest BCUT2D eigenvalue weighted by Gasteiger charge is 2.36. The fraction of sp³-hybridized carbons (Fsp3) is 0.304. The molecule has 0 aromatic heterocycles. The van der Waals surface area contributed by atoms with Gasteiger partial charge in [-0.1, -0.05) is 77.1 Å². The SMILES string of the molecule is CC(C)(C)c1ccc2c(c1)-c1cc3ccccc3cc1C2(C)C. The molecule has 1 aliphatic carbocycles. The van der Waals surface area contributed by atoms with Crippen molar-refractivity contribution in [3.63, 3.8) is 0 Å². The maximum Gasteiger partial charge on any atom is 0.0159 e. The number of hydrogen-bond donors (Lipinski definition) is 0. The number of rotatable bonds is 0. The van der Waals surface area contributed by atoms with E-state index in [0.717, 1.165) is 0 Å².